The van der Waals surface area contributed by atoms with Gasteiger partial charge in [0.25, 0.3) is 11.8 Å². The Labute approximate surface area is 166 Å². The molecule has 1 fully saturated rings. The minimum atomic E-state index is -0.599. The zero-order chi connectivity index (χ0) is 20.4. The van der Waals surface area contributed by atoms with Gasteiger partial charge in [0.15, 0.2) is 5.76 Å². The number of nitrogens with two attached hydrogens (primary N) is 1. The molecule has 1 atom stereocenters. The molecule has 2 aromatic heterocycles. The molecule has 3 amide bonds. The van der Waals surface area contributed by atoms with E-state index in [0.29, 0.717) is 24.3 Å². The number of nitrogens with one attached hydrogen (secondary N) is 1. The molecule has 1 aromatic carbocycles. The van der Waals surface area contributed by atoms with E-state index in [1.807, 2.05) is 0 Å². The summed E-state index contributed by atoms with van der Waals surface area (Å²) >= 11 is 0. The van der Waals surface area contributed by atoms with Gasteiger partial charge in [-0.1, -0.05) is 0 Å². The van der Waals surface area contributed by atoms with Crippen molar-refractivity contribution in [2.24, 2.45) is 5.73 Å². The van der Waals surface area contributed by atoms with Gasteiger partial charge in [0.1, 0.15) is 11.7 Å². The van der Waals surface area contributed by atoms with Gasteiger partial charge in [-0.3, -0.25) is 14.4 Å². The SMILES string of the molecule is NC(=O)c1ccn(-c2ccc(NC(=O)C3CCCN3C(=O)c3ccco3)cc2)n1. The number of hydrogen-bond acceptors (Lipinski definition) is 5. The summed E-state index contributed by atoms with van der Waals surface area (Å²) in [5.74, 6) is -0.904. The Kier molecular flexibility index (Phi) is 4.86. The average molecular weight is 393 g/mol. The highest BCUT2D eigenvalue weighted by Gasteiger charge is 2.35. The number of likely N-dealkylation sites (tertiary alicyclic amines) is 1. The Balaban J connectivity index is 1.43. The molecule has 3 N–H and O–H groups in total. The number of benzene rings is 1. The molecular weight excluding hydrogens is 374 g/mol. The Morgan fingerprint density at radius 1 is 1.14 bits per heavy atom. The minimum Gasteiger partial charge on any atom is -0.459 e. The molecule has 1 aliphatic rings. The van der Waals surface area contributed by atoms with Crippen molar-refractivity contribution in [1.82, 2.24) is 14.7 Å². The van der Waals surface area contributed by atoms with Crippen LogP contribution in [0.5, 0.6) is 0 Å². The minimum absolute atomic E-state index is 0.171. The predicted molar refractivity (Wildman–Crippen MR) is 103 cm³/mol. The first-order valence-electron chi connectivity index (χ1n) is 9.14. The van der Waals surface area contributed by atoms with Gasteiger partial charge in [-0.05, 0) is 55.3 Å². The maximum Gasteiger partial charge on any atom is 0.290 e. The molecule has 0 spiro atoms. The van der Waals surface area contributed by atoms with E-state index in [0.717, 1.165) is 6.42 Å². The van der Waals surface area contributed by atoms with Crippen LogP contribution in [0.25, 0.3) is 5.69 Å². The summed E-state index contributed by atoms with van der Waals surface area (Å²) in [6.07, 6.45) is 4.42. The smallest absolute Gasteiger partial charge is 0.290 e. The van der Waals surface area contributed by atoms with E-state index < -0.39 is 11.9 Å². The summed E-state index contributed by atoms with van der Waals surface area (Å²) in [5.41, 5.74) is 6.69. The average Bonchev–Trinajstić information content (AvgIpc) is 3.49. The van der Waals surface area contributed by atoms with Crippen LogP contribution in [0.3, 0.4) is 0 Å². The molecule has 9 heteroatoms. The Morgan fingerprint density at radius 2 is 1.93 bits per heavy atom. The zero-order valence-corrected chi connectivity index (χ0v) is 15.4. The highest BCUT2D eigenvalue weighted by Crippen LogP contribution is 2.22. The van der Waals surface area contributed by atoms with Crippen molar-refractivity contribution in [2.45, 2.75) is 18.9 Å². The second-order valence-electron chi connectivity index (χ2n) is 6.68. The van der Waals surface area contributed by atoms with Gasteiger partial charge in [-0.25, -0.2) is 4.68 Å². The molecule has 3 heterocycles. The molecular formula is C20H19N5O4. The molecule has 1 aliphatic heterocycles. The molecule has 0 aliphatic carbocycles. The van der Waals surface area contributed by atoms with Gasteiger partial charge in [0.2, 0.25) is 5.91 Å². The molecule has 0 bridgehead atoms. The zero-order valence-electron chi connectivity index (χ0n) is 15.4. The molecule has 3 aromatic rings. The largest absolute Gasteiger partial charge is 0.459 e. The van der Waals surface area contributed by atoms with E-state index in [4.69, 9.17) is 10.2 Å². The van der Waals surface area contributed by atoms with Gasteiger partial charge >= 0.3 is 0 Å². The first-order valence-corrected chi connectivity index (χ1v) is 9.14. The van der Waals surface area contributed by atoms with Crippen molar-refractivity contribution in [3.63, 3.8) is 0 Å². The number of rotatable bonds is 5. The fourth-order valence-corrected chi connectivity index (χ4v) is 3.35. The number of furan rings is 1. The van der Waals surface area contributed by atoms with Gasteiger partial charge in [0.05, 0.1) is 12.0 Å². The highest BCUT2D eigenvalue weighted by molar-refractivity contribution is 6.00. The van der Waals surface area contributed by atoms with Crippen LogP contribution in [0.15, 0.2) is 59.3 Å². The number of anilines is 1. The third-order valence-corrected chi connectivity index (χ3v) is 4.79. The first kappa shape index (κ1) is 18.5. The molecule has 4 rings (SSSR count). The molecule has 0 saturated carbocycles. The molecule has 0 radical (unpaired) electrons. The number of nitrogens with zero attached hydrogens (tertiary/aromatic N) is 3. The normalized spacial score (nSPS) is 16.0. The monoisotopic (exact) mass is 393 g/mol. The molecule has 1 saturated heterocycles. The number of carbonyl (C=O) groups excluding carboxylic acids is 3. The highest BCUT2D eigenvalue weighted by atomic mass is 16.3. The van der Waals surface area contributed by atoms with E-state index >= 15 is 0 Å². The van der Waals surface area contributed by atoms with Crippen LogP contribution in [0.2, 0.25) is 0 Å². The van der Waals surface area contributed by atoms with Gasteiger partial charge in [-0.15, -0.1) is 0 Å². The summed E-state index contributed by atoms with van der Waals surface area (Å²) in [5, 5.41) is 6.94. The van der Waals surface area contributed by atoms with E-state index in [1.165, 1.54) is 21.9 Å². The number of hydrogen-bond donors (Lipinski definition) is 2. The fraction of sp³-hybridized carbons (Fsp3) is 0.200. The van der Waals surface area contributed by atoms with Gasteiger partial charge < -0.3 is 20.4 Å². The lowest BCUT2D eigenvalue weighted by Gasteiger charge is -2.23. The molecule has 29 heavy (non-hydrogen) atoms. The lowest BCUT2D eigenvalue weighted by Crippen LogP contribution is -2.43. The fourth-order valence-electron chi connectivity index (χ4n) is 3.35. The number of aromatic nitrogens is 2. The third-order valence-electron chi connectivity index (χ3n) is 4.79. The Morgan fingerprint density at radius 3 is 2.59 bits per heavy atom. The van der Waals surface area contributed by atoms with Gasteiger partial charge in [0, 0.05) is 18.4 Å². The molecule has 1 unspecified atom stereocenters. The summed E-state index contributed by atoms with van der Waals surface area (Å²) in [7, 11) is 0. The predicted octanol–water partition coefficient (Wildman–Crippen LogP) is 1.81. The van der Waals surface area contributed by atoms with Crippen molar-refractivity contribution in [1.29, 1.82) is 0 Å². The van der Waals surface area contributed by atoms with Crippen LogP contribution in [0.4, 0.5) is 5.69 Å². The molecule has 9 nitrogen and oxygen atoms in total. The second-order valence-corrected chi connectivity index (χ2v) is 6.68. The van der Waals surface area contributed by atoms with Crippen LogP contribution in [-0.4, -0.2) is 45.0 Å². The number of primary amides is 1. The summed E-state index contributed by atoms with van der Waals surface area (Å²) < 4.78 is 6.69. The van der Waals surface area contributed by atoms with Crippen molar-refractivity contribution in [3.05, 3.63) is 66.4 Å². The summed E-state index contributed by atoms with van der Waals surface area (Å²) in [4.78, 5) is 38.0. The van der Waals surface area contributed by atoms with Crippen LogP contribution >= 0.6 is 0 Å². The third kappa shape index (κ3) is 3.75. The molecule has 148 valence electrons. The van der Waals surface area contributed by atoms with Crippen molar-refractivity contribution in [3.8, 4) is 5.69 Å². The van der Waals surface area contributed by atoms with Crippen LogP contribution in [0.1, 0.15) is 33.9 Å². The Hall–Kier alpha value is -3.88. The van der Waals surface area contributed by atoms with E-state index in [2.05, 4.69) is 10.4 Å². The van der Waals surface area contributed by atoms with Crippen LogP contribution < -0.4 is 11.1 Å². The Bertz CT molecular complexity index is 1040. The number of carbonyl (C=O) groups is 3. The van der Waals surface area contributed by atoms with Gasteiger partial charge in [-0.2, -0.15) is 5.10 Å². The van der Waals surface area contributed by atoms with E-state index in [1.54, 1.807) is 42.6 Å². The quantitative estimate of drug-likeness (QED) is 0.684. The topological polar surface area (TPSA) is 123 Å². The van der Waals surface area contributed by atoms with Crippen LogP contribution in [-0.2, 0) is 4.79 Å². The van der Waals surface area contributed by atoms with E-state index in [9.17, 15) is 14.4 Å². The van der Waals surface area contributed by atoms with Crippen molar-refractivity contribution in [2.75, 3.05) is 11.9 Å². The van der Waals surface area contributed by atoms with Crippen LogP contribution in [0, 0.1) is 0 Å². The first-order chi connectivity index (χ1) is 14.0. The summed E-state index contributed by atoms with van der Waals surface area (Å²) in [6.45, 7) is 0.512. The maximum absolute atomic E-state index is 12.7. The van der Waals surface area contributed by atoms with Crippen molar-refractivity contribution >= 4 is 23.4 Å². The lowest BCUT2D eigenvalue weighted by molar-refractivity contribution is -0.119. The second kappa shape index (κ2) is 7.63. The maximum atomic E-state index is 12.7. The van der Waals surface area contributed by atoms with E-state index in [-0.39, 0.29) is 23.3 Å². The standard InChI is InChI=1S/C20H19N5O4/c21-18(26)15-9-11-25(23-15)14-7-5-13(6-8-14)22-19(27)16-3-1-10-24(16)20(28)17-4-2-12-29-17/h2,4-9,11-12,16H,1,3,10H2,(H2,21,26)(H,22,27). The lowest BCUT2D eigenvalue weighted by atomic mass is 10.2. The number of amides is 3. The summed E-state index contributed by atoms with van der Waals surface area (Å²) in [6, 6.07) is 11.2. The van der Waals surface area contributed by atoms with Crippen molar-refractivity contribution < 1.29 is 18.8 Å².